The average Bonchev–Trinajstić information content (AvgIpc) is 3.00. The maximum Gasteiger partial charge on any atom is 0.303 e. The molecule has 0 unspecified atom stereocenters. The summed E-state index contributed by atoms with van der Waals surface area (Å²) in [5, 5.41) is 8.89. The van der Waals surface area contributed by atoms with Gasteiger partial charge in [0.05, 0.1) is 13.0 Å². The molecule has 108 valence electrons. The number of thioether (sulfide) groups is 1. The molecule has 0 saturated heterocycles. The number of aryl methyl sites for hydroxylation is 1. The van der Waals surface area contributed by atoms with E-state index in [-0.39, 0.29) is 5.41 Å². The molecule has 1 fully saturated rings. The molecule has 0 atom stereocenters. The molecule has 0 radical (unpaired) electrons. The van der Waals surface area contributed by atoms with Gasteiger partial charge in [-0.2, -0.15) is 11.8 Å². The third kappa shape index (κ3) is 3.29. The van der Waals surface area contributed by atoms with Crippen LogP contribution < -0.4 is 4.74 Å². The average molecular weight is 292 g/mol. The first kappa shape index (κ1) is 13.8. The number of hydrogen-bond donors (Lipinski definition) is 1. The number of carboxylic acid groups (broad SMARTS) is 1. The SMILES string of the molecule is O=C(O)CC1(CSCCc2ccc3c(c2)CCO3)CC1. The summed E-state index contributed by atoms with van der Waals surface area (Å²) in [6, 6.07) is 6.48. The normalized spacial score (nSPS) is 18.4. The number of aliphatic carboxylic acids is 1. The van der Waals surface area contributed by atoms with Gasteiger partial charge in [-0.05, 0) is 53.4 Å². The zero-order valence-corrected chi connectivity index (χ0v) is 12.4. The van der Waals surface area contributed by atoms with Gasteiger partial charge in [0.1, 0.15) is 5.75 Å². The summed E-state index contributed by atoms with van der Waals surface area (Å²) in [7, 11) is 0. The van der Waals surface area contributed by atoms with Crippen LogP contribution in [0.3, 0.4) is 0 Å². The molecule has 1 saturated carbocycles. The molecule has 0 aromatic heterocycles. The highest BCUT2D eigenvalue weighted by Crippen LogP contribution is 2.51. The Balaban J connectivity index is 1.43. The summed E-state index contributed by atoms with van der Waals surface area (Å²) < 4.78 is 5.51. The Morgan fingerprint density at radius 2 is 2.25 bits per heavy atom. The van der Waals surface area contributed by atoms with Crippen LogP contribution in [0.1, 0.15) is 30.4 Å². The van der Waals surface area contributed by atoms with Crippen LogP contribution in [-0.2, 0) is 17.6 Å². The van der Waals surface area contributed by atoms with Crippen LogP contribution in [0.5, 0.6) is 5.75 Å². The monoisotopic (exact) mass is 292 g/mol. The van der Waals surface area contributed by atoms with E-state index in [1.807, 2.05) is 11.8 Å². The zero-order valence-electron chi connectivity index (χ0n) is 11.6. The predicted octanol–water partition coefficient (Wildman–Crippen LogP) is 3.15. The number of hydrogen-bond acceptors (Lipinski definition) is 3. The standard InChI is InChI=1S/C16H20O3S/c17-15(18)10-16(5-6-16)11-20-8-4-12-1-2-14-13(9-12)3-7-19-14/h1-2,9H,3-8,10-11H2,(H,17,18). The van der Waals surface area contributed by atoms with Crippen molar-refractivity contribution in [2.45, 2.75) is 32.1 Å². The van der Waals surface area contributed by atoms with Crippen LogP contribution in [0.4, 0.5) is 0 Å². The maximum absolute atomic E-state index is 10.8. The molecule has 3 nitrogen and oxygen atoms in total. The molecule has 1 aliphatic carbocycles. The highest BCUT2D eigenvalue weighted by molar-refractivity contribution is 7.99. The van der Waals surface area contributed by atoms with Gasteiger partial charge in [0.2, 0.25) is 0 Å². The second-order valence-electron chi connectivity index (χ2n) is 5.91. The minimum absolute atomic E-state index is 0.113. The lowest BCUT2D eigenvalue weighted by molar-refractivity contribution is -0.138. The molecule has 1 aliphatic heterocycles. The van der Waals surface area contributed by atoms with Gasteiger partial charge in [-0.15, -0.1) is 0 Å². The van der Waals surface area contributed by atoms with E-state index < -0.39 is 5.97 Å². The minimum Gasteiger partial charge on any atom is -0.493 e. The number of carbonyl (C=O) groups is 1. The van der Waals surface area contributed by atoms with Crippen molar-refractivity contribution in [1.29, 1.82) is 0 Å². The van der Waals surface area contributed by atoms with Crippen molar-refractivity contribution < 1.29 is 14.6 Å². The van der Waals surface area contributed by atoms with Crippen molar-refractivity contribution in [2.75, 3.05) is 18.1 Å². The van der Waals surface area contributed by atoms with E-state index >= 15 is 0 Å². The van der Waals surface area contributed by atoms with Crippen molar-refractivity contribution in [2.24, 2.45) is 5.41 Å². The fourth-order valence-corrected chi connectivity index (χ4v) is 4.09. The van der Waals surface area contributed by atoms with Gasteiger partial charge in [-0.25, -0.2) is 0 Å². The van der Waals surface area contributed by atoms with Gasteiger partial charge in [-0.3, -0.25) is 4.79 Å². The smallest absolute Gasteiger partial charge is 0.303 e. The highest BCUT2D eigenvalue weighted by atomic mass is 32.2. The topological polar surface area (TPSA) is 46.5 Å². The lowest BCUT2D eigenvalue weighted by Gasteiger charge is -2.11. The second kappa shape index (κ2) is 5.68. The first-order valence-electron chi connectivity index (χ1n) is 7.21. The Hall–Kier alpha value is -1.16. The molecule has 0 bridgehead atoms. The first-order chi connectivity index (χ1) is 9.67. The Kier molecular flexibility index (Phi) is 3.92. The molecular formula is C16H20O3S. The van der Waals surface area contributed by atoms with Crippen LogP contribution in [0.2, 0.25) is 0 Å². The number of benzene rings is 1. The number of fused-ring (bicyclic) bond motifs is 1. The molecule has 3 rings (SSSR count). The molecular weight excluding hydrogens is 272 g/mol. The van der Waals surface area contributed by atoms with Gasteiger partial charge in [-0.1, -0.05) is 12.1 Å². The van der Waals surface area contributed by atoms with E-state index in [9.17, 15) is 4.79 Å². The van der Waals surface area contributed by atoms with Gasteiger partial charge in [0.15, 0.2) is 0 Å². The van der Waals surface area contributed by atoms with Crippen LogP contribution in [0.25, 0.3) is 0 Å². The van der Waals surface area contributed by atoms with E-state index in [0.717, 1.165) is 49.5 Å². The first-order valence-corrected chi connectivity index (χ1v) is 8.37. The number of carboxylic acids is 1. The van der Waals surface area contributed by atoms with E-state index in [1.54, 1.807) is 0 Å². The summed E-state index contributed by atoms with van der Waals surface area (Å²) in [6.45, 7) is 0.811. The van der Waals surface area contributed by atoms with Gasteiger partial charge >= 0.3 is 5.97 Å². The van der Waals surface area contributed by atoms with Gasteiger partial charge < -0.3 is 9.84 Å². The van der Waals surface area contributed by atoms with Crippen LogP contribution in [-0.4, -0.2) is 29.2 Å². The molecule has 4 heteroatoms. The van der Waals surface area contributed by atoms with Crippen LogP contribution in [0, 0.1) is 5.41 Å². The minimum atomic E-state index is -0.651. The van der Waals surface area contributed by atoms with E-state index in [2.05, 4.69) is 18.2 Å². The lowest BCUT2D eigenvalue weighted by atomic mass is 10.1. The number of rotatable bonds is 7. The Bertz CT molecular complexity index is 508. The van der Waals surface area contributed by atoms with Crippen LogP contribution in [0.15, 0.2) is 18.2 Å². The maximum atomic E-state index is 10.8. The third-order valence-corrected chi connectivity index (χ3v) is 5.49. The van der Waals surface area contributed by atoms with E-state index in [4.69, 9.17) is 9.84 Å². The largest absolute Gasteiger partial charge is 0.493 e. The molecule has 2 aliphatic rings. The molecule has 1 aromatic carbocycles. The molecule has 0 spiro atoms. The molecule has 1 heterocycles. The van der Waals surface area contributed by atoms with Gasteiger partial charge in [0, 0.05) is 6.42 Å². The van der Waals surface area contributed by atoms with E-state index in [1.165, 1.54) is 11.1 Å². The molecule has 20 heavy (non-hydrogen) atoms. The third-order valence-electron chi connectivity index (χ3n) is 4.18. The van der Waals surface area contributed by atoms with Crippen molar-refractivity contribution >= 4 is 17.7 Å². The predicted molar refractivity (Wildman–Crippen MR) is 80.6 cm³/mol. The highest BCUT2D eigenvalue weighted by Gasteiger charge is 2.43. The fraction of sp³-hybridized carbons (Fsp3) is 0.562. The van der Waals surface area contributed by atoms with Crippen molar-refractivity contribution in [3.05, 3.63) is 29.3 Å². The summed E-state index contributed by atoms with van der Waals surface area (Å²) in [5.41, 5.74) is 2.81. The second-order valence-corrected chi connectivity index (χ2v) is 7.02. The fourth-order valence-electron chi connectivity index (χ4n) is 2.74. The quantitative estimate of drug-likeness (QED) is 0.784. The zero-order chi connectivity index (χ0) is 14.0. The summed E-state index contributed by atoms with van der Waals surface area (Å²) in [4.78, 5) is 10.8. The summed E-state index contributed by atoms with van der Waals surface area (Å²) in [5.74, 6) is 2.45. The van der Waals surface area contributed by atoms with Crippen molar-refractivity contribution in [1.82, 2.24) is 0 Å². The summed E-state index contributed by atoms with van der Waals surface area (Å²) in [6.07, 6.45) is 4.60. The molecule has 1 N–H and O–H groups in total. The Labute approximate surface area is 123 Å². The molecule has 0 amide bonds. The van der Waals surface area contributed by atoms with Gasteiger partial charge in [0.25, 0.3) is 0 Å². The lowest BCUT2D eigenvalue weighted by Crippen LogP contribution is -2.11. The van der Waals surface area contributed by atoms with E-state index in [0.29, 0.717) is 6.42 Å². The Morgan fingerprint density at radius 3 is 3.00 bits per heavy atom. The summed E-state index contributed by atoms with van der Waals surface area (Å²) >= 11 is 1.90. The van der Waals surface area contributed by atoms with Crippen LogP contribution >= 0.6 is 11.8 Å². The van der Waals surface area contributed by atoms with Crippen molar-refractivity contribution in [3.8, 4) is 5.75 Å². The Morgan fingerprint density at radius 1 is 1.40 bits per heavy atom. The number of ether oxygens (including phenoxy) is 1. The van der Waals surface area contributed by atoms with Crippen molar-refractivity contribution in [3.63, 3.8) is 0 Å². The molecule has 1 aromatic rings.